The molecule has 2 N–H and O–H groups in total. The van der Waals surface area contributed by atoms with E-state index in [4.69, 9.17) is 4.74 Å². The molecule has 2 atom stereocenters. The minimum atomic E-state index is -3.63. The maximum Gasteiger partial charge on any atom is 0.306 e. The Hall–Kier alpha value is -2.57. The number of hydrogen-bond acceptors (Lipinski definition) is 7. The number of rotatable bonds is 11. The number of carboxylic acid groups (broad SMARTS) is 1. The van der Waals surface area contributed by atoms with Crippen molar-refractivity contribution in [2.45, 2.75) is 65.0 Å². The molecule has 0 spiro atoms. The number of hydrogen-bond donors (Lipinski definition) is 2. The van der Waals surface area contributed by atoms with Gasteiger partial charge in [0.05, 0.1) is 35.6 Å². The van der Waals surface area contributed by atoms with E-state index < -0.39 is 16.2 Å². The van der Waals surface area contributed by atoms with Gasteiger partial charge in [-0.25, -0.2) is 4.98 Å². The van der Waals surface area contributed by atoms with E-state index in [1.165, 1.54) is 8.99 Å². The molecule has 1 unspecified atom stereocenters. The maximum absolute atomic E-state index is 12.5. The fourth-order valence-electron chi connectivity index (χ4n) is 4.01. The van der Waals surface area contributed by atoms with Gasteiger partial charge in [0.15, 0.2) is 0 Å². The summed E-state index contributed by atoms with van der Waals surface area (Å²) in [7, 11) is -0.382. The van der Waals surface area contributed by atoms with Crippen molar-refractivity contribution in [3.63, 3.8) is 0 Å². The summed E-state index contributed by atoms with van der Waals surface area (Å²) < 4.78 is 36.6. The SMILES string of the molecule is CCCCN(C)S(=O)(=O)NCc1c(-c2ccc(OC3CCC[C@H](C(=O)O)C3)c(C)n2)nnn1C. The summed E-state index contributed by atoms with van der Waals surface area (Å²) in [6.07, 6.45) is 4.32. The Bertz CT molecular complexity index is 1100. The Morgan fingerprint density at radius 3 is 2.79 bits per heavy atom. The van der Waals surface area contributed by atoms with Crippen molar-refractivity contribution in [1.29, 1.82) is 0 Å². The first-order valence-electron chi connectivity index (χ1n) is 11.6. The maximum atomic E-state index is 12.5. The van der Waals surface area contributed by atoms with E-state index >= 15 is 0 Å². The standard InChI is InChI=1S/C22H34N6O5S/c1-5-6-12-27(3)34(31,32)23-14-19-21(25-26-28(19)4)18-10-11-20(15(2)24-18)33-17-9-7-8-16(13-17)22(29)30/h10-11,16-17,23H,5-9,12-14H2,1-4H3,(H,29,30)/t16-,17?/m0/s1. The summed E-state index contributed by atoms with van der Waals surface area (Å²) >= 11 is 0. The number of aromatic nitrogens is 4. The van der Waals surface area contributed by atoms with E-state index in [0.29, 0.717) is 47.9 Å². The molecule has 1 aliphatic rings. The van der Waals surface area contributed by atoms with Crippen LogP contribution < -0.4 is 9.46 Å². The third-order valence-corrected chi connectivity index (χ3v) is 7.66. The molecule has 1 aliphatic carbocycles. The van der Waals surface area contributed by atoms with Crippen LogP contribution in [0.4, 0.5) is 0 Å². The van der Waals surface area contributed by atoms with Gasteiger partial charge in [-0.1, -0.05) is 18.6 Å². The summed E-state index contributed by atoms with van der Waals surface area (Å²) in [4.78, 5) is 15.9. The first-order valence-corrected chi connectivity index (χ1v) is 13.0. The van der Waals surface area contributed by atoms with Crippen molar-refractivity contribution in [2.75, 3.05) is 13.6 Å². The van der Waals surface area contributed by atoms with Gasteiger partial charge < -0.3 is 9.84 Å². The van der Waals surface area contributed by atoms with Crippen LogP contribution in [-0.4, -0.2) is 63.5 Å². The highest BCUT2D eigenvalue weighted by atomic mass is 32.2. The lowest BCUT2D eigenvalue weighted by atomic mass is 9.87. The van der Waals surface area contributed by atoms with Crippen LogP contribution in [-0.2, 0) is 28.6 Å². The number of nitrogens with zero attached hydrogens (tertiary/aromatic N) is 5. The van der Waals surface area contributed by atoms with E-state index in [9.17, 15) is 18.3 Å². The molecule has 0 aliphatic heterocycles. The lowest BCUT2D eigenvalue weighted by molar-refractivity contribution is -0.143. The number of nitrogens with one attached hydrogen (secondary N) is 1. The van der Waals surface area contributed by atoms with Crippen LogP contribution in [0, 0.1) is 12.8 Å². The Kier molecular flexibility index (Phi) is 8.61. The van der Waals surface area contributed by atoms with E-state index in [1.54, 1.807) is 26.2 Å². The van der Waals surface area contributed by atoms with Gasteiger partial charge in [-0.2, -0.15) is 17.4 Å². The van der Waals surface area contributed by atoms with Crippen LogP contribution in [0.2, 0.25) is 0 Å². The van der Waals surface area contributed by atoms with Crippen molar-refractivity contribution >= 4 is 16.2 Å². The second kappa shape index (κ2) is 11.2. The third-order valence-electron chi connectivity index (χ3n) is 6.15. The molecule has 1 saturated carbocycles. The number of ether oxygens (including phenoxy) is 1. The molecule has 0 bridgehead atoms. The van der Waals surface area contributed by atoms with Crippen LogP contribution in [0.3, 0.4) is 0 Å². The predicted octanol–water partition coefficient (Wildman–Crippen LogP) is 2.27. The van der Waals surface area contributed by atoms with Gasteiger partial charge >= 0.3 is 5.97 Å². The second-order valence-electron chi connectivity index (χ2n) is 8.73. The lowest BCUT2D eigenvalue weighted by Crippen LogP contribution is -2.38. The van der Waals surface area contributed by atoms with E-state index in [2.05, 4.69) is 20.0 Å². The van der Waals surface area contributed by atoms with E-state index in [1.807, 2.05) is 13.8 Å². The van der Waals surface area contributed by atoms with Crippen molar-refractivity contribution < 1.29 is 23.1 Å². The van der Waals surface area contributed by atoms with Crippen LogP contribution in [0.1, 0.15) is 56.8 Å². The molecule has 34 heavy (non-hydrogen) atoms. The van der Waals surface area contributed by atoms with Gasteiger partial charge in [-0.15, -0.1) is 5.10 Å². The molecule has 2 aromatic heterocycles. The summed E-state index contributed by atoms with van der Waals surface area (Å²) in [6.45, 7) is 4.29. The van der Waals surface area contributed by atoms with Crippen molar-refractivity contribution in [3.8, 4) is 17.1 Å². The fraction of sp³-hybridized carbons (Fsp3) is 0.636. The minimum Gasteiger partial charge on any atom is -0.489 e. The molecule has 12 heteroatoms. The predicted molar refractivity (Wildman–Crippen MR) is 126 cm³/mol. The van der Waals surface area contributed by atoms with E-state index in [-0.39, 0.29) is 18.6 Å². The first-order chi connectivity index (χ1) is 16.1. The zero-order valence-electron chi connectivity index (χ0n) is 20.2. The average molecular weight is 495 g/mol. The fourth-order valence-corrected chi connectivity index (χ4v) is 4.91. The summed E-state index contributed by atoms with van der Waals surface area (Å²) in [5.41, 5.74) is 2.27. The van der Waals surface area contributed by atoms with Crippen molar-refractivity contribution in [3.05, 3.63) is 23.5 Å². The summed E-state index contributed by atoms with van der Waals surface area (Å²) in [5, 5.41) is 17.5. The number of unbranched alkanes of at least 4 members (excludes halogenated alkanes) is 1. The number of pyridine rings is 1. The molecule has 3 rings (SSSR count). The molecule has 0 saturated heterocycles. The molecule has 0 radical (unpaired) electrons. The van der Waals surface area contributed by atoms with Crippen LogP contribution >= 0.6 is 0 Å². The van der Waals surface area contributed by atoms with Gasteiger partial charge in [0.1, 0.15) is 11.4 Å². The molecule has 0 amide bonds. The molecule has 0 aromatic carbocycles. The number of aliphatic carboxylic acids is 1. The monoisotopic (exact) mass is 494 g/mol. The molecule has 188 valence electrons. The largest absolute Gasteiger partial charge is 0.489 e. The summed E-state index contributed by atoms with van der Waals surface area (Å²) in [6, 6.07) is 3.55. The minimum absolute atomic E-state index is 0.0231. The summed E-state index contributed by atoms with van der Waals surface area (Å²) in [5.74, 6) is -0.553. The van der Waals surface area contributed by atoms with Gasteiger partial charge in [0.25, 0.3) is 10.2 Å². The Balaban J connectivity index is 1.72. The highest BCUT2D eigenvalue weighted by Gasteiger charge is 2.28. The molecule has 11 nitrogen and oxygen atoms in total. The van der Waals surface area contributed by atoms with Gasteiger partial charge in [0, 0.05) is 20.6 Å². The highest BCUT2D eigenvalue weighted by molar-refractivity contribution is 7.87. The van der Waals surface area contributed by atoms with Gasteiger partial charge in [0.2, 0.25) is 0 Å². The van der Waals surface area contributed by atoms with Crippen molar-refractivity contribution in [1.82, 2.24) is 29.0 Å². The van der Waals surface area contributed by atoms with E-state index in [0.717, 1.165) is 25.7 Å². The number of aryl methyl sites for hydroxylation is 2. The molecule has 2 aromatic rings. The zero-order chi connectivity index (χ0) is 24.9. The highest BCUT2D eigenvalue weighted by Crippen LogP contribution is 2.30. The smallest absolute Gasteiger partial charge is 0.306 e. The average Bonchev–Trinajstić information content (AvgIpc) is 3.17. The first kappa shape index (κ1) is 26.0. The quantitative estimate of drug-likeness (QED) is 0.485. The molecular formula is C22H34N6O5S. The van der Waals surface area contributed by atoms with Crippen molar-refractivity contribution in [2.24, 2.45) is 13.0 Å². The van der Waals surface area contributed by atoms with Crippen LogP contribution in [0.25, 0.3) is 11.4 Å². The lowest BCUT2D eigenvalue weighted by Gasteiger charge is -2.27. The molecular weight excluding hydrogens is 460 g/mol. The van der Waals surface area contributed by atoms with Crippen LogP contribution in [0.15, 0.2) is 12.1 Å². The Morgan fingerprint density at radius 2 is 2.12 bits per heavy atom. The van der Waals surface area contributed by atoms with Gasteiger partial charge in [-0.05, 0) is 51.2 Å². The Morgan fingerprint density at radius 1 is 1.35 bits per heavy atom. The Labute approximate surface area is 200 Å². The third kappa shape index (κ3) is 6.30. The second-order valence-corrected chi connectivity index (χ2v) is 10.6. The number of carbonyl (C=O) groups is 1. The van der Waals surface area contributed by atoms with Gasteiger partial charge in [-0.3, -0.25) is 9.48 Å². The number of carboxylic acids is 1. The van der Waals surface area contributed by atoms with Crippen LogP contribution in [0.5, 0.6) is 5.75 Å². The molecule has 1 fully saturated rings. The molecule has 2 heterocycles. The zero-order valence-corrected chi connectivity index (χ0v) is 21.0. The normalized spacial score (nSPS) is 18.9. The topological polar surface area (TPSA) is 140 Å².